The Bertz CT molecular complexity index is 877. The highest BCUT2D eigenvalue weighted by Crippen LogP contribution is 2.24. The molecule has 0 aliphatic heterocycles. The fourth-order valence-corrected chi connectivity index (χ4v) is 3.24. The Balaban J connectivity index is 1.64. The third kappa shape index (κ3) is 3.82. The van der Waals surface area contributed by atoms with Crippen LogP contribution in [0.15, 0.2) is 45.3 Å². The smallest absolute Gasteiger partial charge is 0.120 e. The van der Waals surface area contributed by atoms with E-state index in [1.807, 2.05) is 44.2 Å². The number of rotatable bonds is 5. The van der Waals surface area contributed by atoms with E-state index in [1.165, 1.54) is 0 Å². The van der Waals surface area contributed by atoms with Crippen LogP contribution >= 0.6 is 31.9 Å². The molecule has 0 bridgehead atoms. The zero-order valence-electron chi connectivity index (χ0n) is 13.5. The van der Waals surface area contributed by atoms with E-state index < -0.39 is 6.10 Å². The zero-order chi connectivity index (χ0) is 17.3. The molecule has 0 aliphatic rings. The molecule has 0 unspecified atom stereocenters. The predicted octanol–water partition coefficient (Wildman–Crippen LogP) is 4.62. The Morgan fingerprint density at radius 3 is 2.54 bits per heavy atom. The van der Waals surface area contributed by atoms with E-state index >= 15 is 0 Å². The average molecular weight is 454 g/mol. The summed E-state index contributed by atoms with van der Waals surface area (Å²) < 4.78 is 9.57. The van der Waals surface area contributed by atoms with E-state index in [2.05, 4.69) is 43.0 Å². The van der Waals surface area contributed by atoms with Crippen LogP contribution in [-0.2, 0) is 6.54 Å². The van der Waals surface area contributed by atoms with Crippen molar-refractivity contribution in [2.24, 2.45) is 0 Å². The number of hydrogen-bond donors (Lipinski definition) is 1. The molecule has 0 saturated heterocycles. The highest BCUT2D eigenvalue weighted by atomic mass is 79.9. The molecule has 0 saturated carbocycles. The second kappa shape index (κ2) is 7.25. The number of aryl methyl sites for hydroxylation is 1. The summed E-state index contributed by atoms with van der Waals surface area (Å²) in [5, 5.41) is 16.9. The Morgan fingerprint density at radius 1 is 1.12 bits per heavy atom. The number of nitrogens with zero attached hydrogens (tertiary/aromatic N) is 2. The molecule has 0 spiro atoms. The molecular formula is C18H18Br2N2O2. The van der Waals surface area contributed by atoms with Gasteiger partial charge in [-0.25, -0.2) is 0 Å². The summed E-state index contributed by atoms with van der Waals surface area (Å²) in [6.45, 7) is 4.53. The van der Waals surface area contributed by atoms with Crippen molar-refractivity contribution < 1.29 is 9.84 Å². The van der Waals surface area contributed by atoms with Gasteiger partial charge in [-0.05, 0) is 64.8 Å². The van der Waals surface area contributed by atoms with Crippen molar-refractivity contribution in [3.8, 4) is 5.75 Å². The first-order valence-electron chi connectivity index (χ1n) is 7.63. The lowest BCUT2D eigenvalue weighted by Crippen LogP contribution is -2.24. The molecule has 3 rings (SSSR count). The van der Waals surface area contributed by atoms with Crippen LogP contribution in [0.3, 0.4) is 0 Å². The maximum absolute atomic E-state index is 10.2. The monoisotopic (exact) mass is 452 g/mol. The first-order chi connectivity index (χ1) is 11.4. The predicted molar refractivity (Wildman–Crippen MR) is 103 cm³/mol. The molecule has 1 atom stereocenters. The van der Waals surface area contributed by atoms with Crippen LogP contribution in [0.2, 0.25) is 0 Å². The molecule has 0 fully saturated rings. The Morgan fingerprint density at radius 2 is 1.83 bits per heavy atom. The number of hydrogen-bond acceptors (Lipinski definition) is 3. The van der Waals surface area contributed by atoms with Crippen molar-refractivity contribution in [2.45, 2.75) is 26.5 Å². The fourth-order valence-electron chi connectivity index (χ4n) is 2.58. The summed E-state index contributed by atoms with van der Waals surface area (Å²) in [6, 6.07) is 12.0. The second-order valence-electron chi connectivity index (χ2n) is 5.79. The summed E-state index contributed by atoms with van der Waals surface area (Å²) in [4.78, 5) is 0. The highest BCUT2D eigenvalue weighted by Gasteiger charge is 2.13. The van der Waals surface area contributed by atoms with E-state index in [0.29, 0.717) is 6.54 Å². The van der Waals surface area contributed by atoms with Gasteiger partial charge in [-0.3, -0.25) is 4.68 Å². The standard InChI is InChI=1S/C18H18Br2N2O2/c1-11-18(20)12(2)22(21-11)9-16(23)10-24-17-6-4-13-7-15(19)5-3-14(13)8-17/h3-8,16,23H,9-10H2,1-2H3/t16-/m0/s1. The van der Waals surface area contributed by atoms with E-state index in [-0.39, 0.29) is 6.61 Å². The molecule has 6 heteroatoms. The van der Waals surface area contributed by atoms with Crippen molar-refractivity contribution in [3.05, 3.63) is 56.7 Å². The first-order valence-corrected chi connectivity index (χ1v) is 9.22. The Kier molecular flexibility index (Phi) is 5.27. The number of aromatic nitrogens is 2. The van der Waals surface area contributed by atoms with Crippen LogP contribution < -0.4 is 4.74 Å². The van der Waals surface area contributed by atoms with E-state index in [9.17, 15) is 5.11 Å². The van der Waals surface area contributed by atoms with Gasteiger partial charge in [0.2, 0.25) is 0 Å². The fraction of sp³-hybridized carbons (Fsp3) is 0.278. The summed E-state index contributed by atoms with van der Waals surface area (Å²) in [5.74, 6) is 0.749. The third-order valence-electron chi connectivity index (χ3n) is 3.89. The summed E-state index contributed by atoms with van der Waals surface area (Å²) >= 11 is 6.96. The van der Waals surface area contributed by atoms with Gasteiger partial charge in [0.05, 0.1) is 16.7 Å². The van der Waals surface area contributed by atoms with Gasteiger partial charge in [0.1, 0.15) is 18.5 Å². The normalized spacial score (nSPS) is 12.5. The van der Waals surface area contributed by atoms with Crippen LogP contribution in [0.4, 0.5) is 0 Å². The summed E-state index contributed by atoms with van der Waals surface area (Å²) in [6.07, 6.45) is -0.629. The lowest BCUT2D eigenvalue weighted by molar-refractivity contribution is 0.0887. The van der Waals surface area contributed by atoms with Crippen LogP contribution in [-0.4, -0.2) is 27.6 Å². The molecule has 1 aromatic heterocycles. The van der Waals surface area contributed by atoms with E-state index in [1.54, 1.807) is 4.68 Å². The number of aliphatic hydroxyl groups is 1. The lowest BCUT2D eigenvalue weighted by atomic mass is 10.1. The molecule has 2 aromatic carbocycles. The van der Waals surface area contributed by atoms with Crippen LogP contribution in [0, 0.1) is 13.8 Å². The van der Waals surface area contributed by atoms with Crippen LogP contribution in [0.1, 0.15) is 11.4 Å². The number of fused-ring (bicyclic) bond motifs is 1. The van der Waals surface area contributed by atoms with E-state index in [0.717, 1.165) is 36.9 Å². The van der Waals surface area contributed by atoms with Gasteiger partial charge in [-0.1, -0.05) is 28.1 Å². The molecule has 126 valence electrons. The minimum absolute atomic E-state index is 0.220. The zero-order valence-corrected chi connectivity index (χ0v) is 16.6. The van der Waals surface area contributed by atoms with Gasteiger partial charge in [-0.15, -0.1) is 0 Å². The van der Waals surface area contributed by atoms with Gasteiger partial charge < -0.3 is 9.84 Å². The first kappa shape index (κ1) is 17.5. The number of ether oxygens (including phenoxy) is 1. The van der Waals surface area contributed by atoms with Gasteiger partial charge in [-0.2, -0.15) is 5.10 Å². The molecule has 0 amide bonds. The second-order valence-corrected chi connectivity index (χ2v) is 7.49. The topological polar surface area (TPSA) is 47.3 Å². The highest BCUT2D eigenvalue weighted by molar-refractivity contribution is 9.10. The minimum Gasteiger partial charge on any atom is -0.491 e. The summed E-state index contributed by atoms with van der Waals surface area (Å²) in [7, 11) is 0. The van der Waals surface area contributed by atoms with Gasteiger partial charge >= 0.3 is 0 Å². The molecular weight excluding hydrogens is 436 g/mol. The van der Waals surface area contributed by atoms with Gasteiger partial charge in [0.25, 0.3) is 0 Å². The van der Waals surface area contributed by atoms with Crippen molar-refractivity contribution >= 4 is 42.6 Å². The van der Waals surface area contributed by atoms with Crippen molar-refractivity contribution in [3.63, 3.8) is 0 Å². The molecule has 1 N–H and O–H groups in total. The lowest BCUT2D eigenvalue weighted by Gasteiger charge is -2.14. The quantitative estimate of drug-likeness (QED) is 0.613. The maximum atomic E-state index is 10.2. The van der Waals surface area contributed by atoms with Crippen LogP contribution in [0.5, 0.6) is 5.75 Å². The van der Waals surface area contributed by atoms with Gasteiger partial charge in [0, 0.05) is 10.2 Å². The average Bonchev–Trinajstić information content (AvgIpc) is 2.80. The Labute approximate surface area is 157 Å². The van der Waals surface area contributed by atoms with Crippen LogP contribution in [0.25, 0.3) is 10.8 Å². The van der Waals surface area contributed by atoms with Crippen molar-refractivity contribution in [1.82, 2.24) is 9.78 Å². The molecule has 24 heavy (non-hydrogen) atoms. The van der Waals surface area contributed by atoms with Crippen molar-refractivity contribution in [2.75, 3.05) is 6.61 Å². The largest absolute Gasteiger partial charge is 0.491 e. The molecule has 1 heterocycles. The molecule has 0 radical (unpaired) electrons. The maximum Gasteiger partial charge on any atom is 0.120 e. The Hall–Kier alpha value is -1.37. The van der Waals surface area contributed by atoms with Crippen molar-refractivity contribution in [1.29, 1.82) is 0 Å². The van der Waals surface area contributed by atoms with Gasteiger partial charge in [0.15, 0.2) is 0 Å². The minimum atomic E-state index is -0.629. The number of halogens is 2. The van der Waals surface area contributed by atoms with E-state index in [4.69, 9.17) is 4.74 Å². The third-order valence-corrected chi connectivity index (χ3v) is 5.53. The number of benzene rings is 2. The summed E-state index contributed by atoms with van der Waals surface area (Å²) in [5.41, 5.74) is 1.92. The molecule has 4 nitrogen and oxygen atoms in total. The SMILES string of the molecule is Cc1nn(C[C@H](O)COc2ccc3cc(Br)ccc3c2)c(C)c1Br. The molecule has 0 aliphatic carbocycles. The molecule has 3 aromatic rings. The number of aliphatic hydroxyl groups excluding tert-OH is 1.